The predicted molar refractivity (Wildman–Crippen MR) is 93.4 cm³/mol. The Hall–Kier alpha value is -3.82. The van der Waals surface area contributed by atoms with Crippen molar-refractivity contribution >= 4 is 17.4 Å². The number of benzene rings is 1. The second kappa shape index (κ2) is 6.72. The third-order valence-electron chi connectivity index (χ3n) is 3.88. The van der Waals surface area contributed by atoms with Crippen molar-refractivity contribution in [2.45, 2.75) is 6.18 Å². The highest BCUT2D eigenvalue weighted by Crippen LogP contribution is 2.32. The Kier molecular flexibility index (Phi) is 4.22. The van der Waals surface area contributed by atoms with E-state index in [2.05, 4.69) is 25.4 Å². The molecule has 0 unspecified atom stereocenters. The van der Waals surface area contributed by atoms with Gasteiger partial charge in [-0.1, -0.05) is 12.1 Å². The number of carbonyl (C=O) groups excluding carboxylic acids is 1. The standard InChI is InChI=1S/C18H11F3N6O/c19-18(20,21)12-3-1-2-11(8-12)13-9-16-24-5-4-15(27(16)26-13)25-17(28)14-10-22-6-7-23-14/h1-10H,(H,25,28). The van der Waals surface area contributed by atoms with E-state index in [4.69, 9.17) is 0 Å². The molecule has 3 heterocycles. The first-order chi connectivity index (χ1) is 13.4. The number of amides is 1. The first kappa shape index (κ1) is 17.6. The molecule has 28 heavy (non-hydrogen) atoms. The van der Waals surface area contributed by atoms with Crippen molar-refractivity contribution in [1.29, 1.82) is 0 Å². The summed E-state index contributed by atoms with van der Waals surface area (Å²) >= 11 is 0. The van der Waals surface area contributed by atoms with Gasteiger partial charge in [0.2, 0.25) is 0 Å². The van der Waals surface area contributed by atoms with Gasteiger partial charge >= 0.3 is 6.18 Å². The minimum atomic E-state index is -4.46. The number of halogens is 3. The number of alkyl halides is 3. The summed E-state index contributed by atoms with van der Waals surface area (Å²) in [7, 11) is 0. The largest absolute Gasteiger partial charge is 0.416 e. The lowest BCUT2D eigenvalue weighted by molar-refractivity contribution is -0.137. The molecular formula is C18H11F3N6O. The van der Waals surface area contributed by atoms with Gasteiger partial charge in [-0.3, -0.25) is 9.78 Å². The quantitative estimate of drug-likeness (QED) is 0.585. The fraction of sp³-hybridized carbons (Fsp3) is 0.0556. The van der Waals surface area contributed by atoms with Crippen molar-refractivity contribution in [1.82, 2.24) is 24.6 Å². The molecule has 1 aromatic carbocycles. The molecule has 10 heteroatoms. The SMILES string of the molecule is O=C(Nc1ccnc2cc(-c3cccc(C(F)(F)F)c3)nn12)c1cnccn1. The molecule has 7 nitrogen and oxygen atoms in total. The monoisotopic (exact) mass is 384 g/mol. The summed E-state index contributed by atoms with van der Waals surface area (Å²) in [5.74, 6) is -0.212. The van der Waals surface area contributed by atoms with Gasteiger partial charge in [0.25, 0.3) is 5.91 Å². The maximum atomic E-state index is 13.0. The van der Waals surface area contributed by atoms with E-state index in [1.54, 1.807) is 0 Å². The van der Waals surface area contributed by atoms with Gasteiger partial charge in [-0.25, -0.2) is 9.97 Å². The Bertz CT molecular complexity index is 1160. The molecular weight excluding hydrogens is 373 g/mol. The van der Waals surface area contributed by atoms with E-state index in [9.17, 15) is 18.0 Å². The van der Waals surface area contributed by atoms with E-state index >= 15 is 0 Å². The fourth-order valence-corrected chi connectivity index (χ4v) is 2.58. The molecule has 0 aliphatic heterocycles. The molecule has 0 spiro atoms. The normalized spacial score (nSPS) is 11.5. The molecule has 3 aromatic heterocycles. The first-order valence-corrected chi connectivity index (χ1v) is 8.01. The number of carbonyl (C=O) groups is 1. The van der Waals surface area contributed by atoms with E-state index in [0.717, 1.165) is 12.1 Å². The van der Waals surface area contributed by atoms with Gasteiger partial charge in [-0.15, -0.1) is 0 Å². The Morgan fingerprint density at radius 1 is 1.04 bits per heavy atom. The zero-order valence-electron chi connectivity index (χ0n) is 14.1. The van der Waals surface area contributed by atoms with Gasteiger partial charge in [-0.2, -0.15) is 22.8 Å². The van der Waals surface area contributed by atoms with Crippen LogP contribution in [-0.4, -0.2) is 30.5 Å². The van der Waals surface area contributed by atoms with Crippen LogP contribution in [-0.2, 0) is 6.18 Å². The molecule has 0 saturated carbocycles. The number of nitrogens with one attached hydrogen (secondary N) is 1. The van der Waals surface area contributed by atoms with Gasteiger partial charge in [0, 0.05) is 30.2 Å². The van der Waals surface area contributed by atoms with Crippen LogP contribution in [0.5, 0.6) is 0 Å². The van der Waals surface area contributed by atoms with Crippen LogP contribution < -0.4 is 5.32 Å². The Labute approximate surface area is 155 Å². The van der Waals surface area contributed by atoms with E-state index in [1.165, 1.54) is 53.6 Å². The summed E-state index contributed by atoms with van der Waals surface area (Å²) in [6.45, 7) is 0. The average molecular weight is 384 g/mol. The number of fused-ring (bicyclic) bond motifs is 1. The minimum absolute atomic E-state index is 0.109. The second-order valence-corrected chi connectivity index (χ2v) is 5.75. The number of rotatable bonds is 3. The Balaban J connectivity index is 1.71. The van der Waals surface area contributed by atoms with Crippen LogP contribution in [0.1, 0.15) is 16.1 Å². The van der Waals surface area contributed by atoms with Crippen LogP contribution in [0.25, 0.3) is 16.9 Å². The molecule has 1 N–H and O–H groups in total. The zero-order chi connectivity index (χ0) is 19.7. The molecule has 0 saturated heterocycles. The molecule has 0 fully saturated rings. The third kappa shape index (κ3) is 3.39. The third-order valence-corrected chi connectivity index (χ3v) is 3.88. The van der Waals surface area contributed by atoms with Crippen LogP contribution >= 0.6 is 0 Å². The van der Waals surface area contributed by atoms with Gasteiger partial charge in [0.05, 0.1) is 17.5 Å². The number of nitrogens with zero attached hydrogens (tertiary/aromatic N) is 5. The maximum Gasteiger partial charge on any atom is 0.416 e. The van der Waals surface area contributed by atoms with Gasteiger partial charge in [-0.05, 0) is 18.2 Å². The Morgan fingerprint density at radius 2 is 1.89 bits per heavy atom. The van der Waals surface area contributed by atoms with Crippen molar-refractivity contribution in [3.05, 3.63) is 72.4 Å². The topological polar surface area (TPSA) is 85.1 Å². The predicted octanol–water partition coefficient (Wildman–Crippen LogP) is 3.46. The molecule has 0 radical (unpaired) electrons. The maximum absolute atomic E-state index is 13.0. The summed E-state index contributed by atoms with van der Waals surface area (Å²) in [6, 6.07) is 7.89. The van der Waals surface area contributed by atoms with Crippen LogP contribution in [0.3, 0.4) is 0 Å². The Morgan fingerprint density at radius 3 is 2.64 bits per heavy atom. The summed E-state index contributed by atoms with van der Waals surface area (Å²) in [6.07, 6.45) is 1.14. The minimum Gasteiger partial charge on any atom is -0.305 e. The highest BCUT2D eigenvalue weighted by molar-refractivity contribution is 6.02. The lowest BCUT2D eigenvalue weighted by Crippen LogP contribution is -2.16. The van der Waals surface area contributed by atoms with Gasteiger partial charge in [0.1, 0.15) is 11.5 Å². The van der Waals surface area contributed by atoms with E-state index in [-0.39, 0.29) is 11.3 Å². The lowest BCUT2D eigenvalue weighted by atomic mass is 10.1. The van der Waals surface area contributed by atoms with E-state index in [0.29, 0.717) is 17.2 Å². The number of hydrogen-bond acceptors (Lipinski definition) is 5. The highest BCUT2D eigenvalue weighted by atomic mass is 19.4. The average Bonchev–Trinajstić information content (AvgIpc) is 3.13. The van der Waals surface area contributed by atoms with E-state index in [1.807, 2.05) is 0 Å². The van der Waals surface area contributed by atoms with Crippen molar-refractivity contribution in [2.75, 3.05) is 5.32 Å². The number of hydrogen-bond donors (Lipinski definition) is 1. The van der Waals surface area contributed by atoms with Crippen molar-refractivity contribution in [3.8, 4) is 11.3 Å². The van der Waals surface area contributed by atoms with Crippen LogP contribution in [0, 0.1) is 0 Å². The van der Waals surface area contributed by atoms with E-state index < -0.39 is 17.6 Å². The fourth-order valence-electron chi connectivity index (χ4n) is 2.58. The van der Waals surface area contributed by atoms with Crippen molar-refractivity contribution in [2.24, 2.45) is 0 Å². The number of anilines is 1. The number of aromatic nitrogens is 5. The van der Waals surface area contributed by atoms with Crippen molar-refractivity contribution in [3.63, 3.8) is 0 Å². The summed E-state index contributed by atoms with van der Waals surface area (Å²) < 4.78 is 40.2. The first-order valence-electron chi connectivity index (χ1n) is 8.01. The molecule has 0 bridgehead atoms. The zero-order valence-corrected chi connectivity index (χ0v) is 14.1. The second-order valence-electron chi connectivity index (χ2n) is 5.75. The molecule has 0 aliphatic rings. The summed E-state index contributed by atoms with van der Waals surface area (Å²) in [4.78, 5) is 24.2. The van der Waals surface area contributed by atoms with Crippen LogP contribution in [0.2, 0.25) is 0 Å². The molecule has 140 valence electrons. The highest BCUT2D eigenvalue weighted by Gasteiger charge is 2.30. The van der Waals surface area contributed by atoms with Gasteiger partial charge in [0.15, 0.2) is 5.65 Å². The smallest absolute Gasteiger partial charge is 0.305 e. The molecule has 4 rings (SSSR count). The molecule has 0 atom stereocenters. The summed E-state index contributed by atoms with van der Waals surface area (Å²) in [5, 5.41) is 6.93. The molecule has 0 aliphatic carbocycles. The van der Waals surface area contributed by atoms with Crippen LogP contribution in [0.4, 0.5) is 19.0 Å². The van der Waals surface area contributed by atoms with Crippen LogP contribution in [0.15, 0.2) is 61.2 Å². The summed E-state index contributed by atoms with van der Waals surface area (Å²) in [5.41, 5.74) is 0.277. The molecule has 4 aromatic rings. The van der Waals surface area contributed by atoms with Crippen molar-refractivity contribution < 1.29 is 18.0 Å². The lowest BCUT2D eigenvalue weighted by Gasteiger charge is -2.07. The van der Waals surface area contributed by atoms with Gasteiger partial charge < -0.3 is 5.32 Å². The molecule has 1 amide bonds.